The van der Waals surface area contributed by atoms with Crippen LogP contribution in [0.5, 0.6) is 0 Å². The Morgan fingerprint density at radius 3 is 1.36 bits per heavy atom. The second kappa shape index (κ2) is 4.54. The van der Waals surface area contributed by atoms with Crippen molar-refractivity contribution in [1.29, 1.82) is 0 Å². The molecule has 6 heteroatoms. The number of benzene rings is 2. The molecular formula is C19H18O4S2. The van der Waals surface area contributed by atoms with Gasteiger partial charge >= 0.3 is 0 Å². The topological polar surface area (TPSA) is 68.3 Å². The molecule has 0 spiro atoms. The molecule has 130 valence electrons. The van der Waals surface area contributed by atoms with Gasteiger partial charge in [-0.2, -0.15) is 0 Å². The molecule has 5 rings (SSSR count). The third-order valence-corrected chi connectivity index (χ3v) is 12.0. The Labute approximate surface area is 147 Å². The number of sulfone groups is 2. The lowest BCUT2D eigenvalue weighted by Gasteiger charge is -2.27. The Hall–Kier alpha value is -1.66. The average Bonchev–Trinajstić information content (AvgIpc) is 3.51. The molecule has 0 N–H and O–H groups in total. The Kier molecular flexibility index (Phi) is 2.83. The lowest BCUT2D eigenvalue weighted by Crippen LogP contribution is -2.32. The van der Waals surface area contributed by atoms with Crippen molar-refractivity contribution >= 4 is 19.7 Å². The molecule has 0 aliphatic heterocycles. The lowest BCUT2D eigenvalue weighted by molar-refractivity contribution is 0.348. The highest BCUT2D eigenvalue weighted by Crippen LogP contribution is 2.92. The van der Waals surface area contributed by atoms with Crippen LogP contribution in [0.3, 0.4) is 0 Å². The average molecular weight is 374 g/mol. The van der Waals surface area contributed by atoms with Crippen molar-refractivity contribution < 1.29 is 16.8 Å². The van der Waals surface area contributed by atoms with Crippen molar-refractivity contribution in [3.8, 4) is 0 Å². The van der Waals surface area contributed by atoms with Crippen molar-refractivity contribution in [2.45, 2.75) is 38.5 Å². The first kappa shape index (κ1) is 15.6. The number of hydrogen-bond donors (Lipinski definition) is 0. The molecule has 3 saturated carbocycles. The van der Waals surface area contributed by atoms with Crippen molar-refractivity contribution in [2.75, 3.05) is 0 Å². The Morgan fingerprint density at radius 2 is 1.00 bits per heavy atom. The maximum Gasteiger partial charge on any atom is 0.186 e. The van der Waals surface area contributed by atoms with Crippen LogP contribution in [0.2, 0.25) is 0 Å². The van der Waals surface area contributed by atoms with Crippen LogP contribution >= 0.6 is 0 Å². The van der Waals surface area contributed by atoms with Gasteiger partial charge in [0.25, 0.3) is 0 Å². The van der Waals surface area contributed by atoms with E-state index in [1.54, 1.807) is 60.7 Å². The summed E-state index contributed by atoms with van der Waals surface area (Å²) in [5.74, 6) is -0.539. The van der Waals surface area contributed by atoms with Gasteiger partial charge in [-0.15, -0.1) is 0 Å². The molecule has 3 aliphatic carbocycles. The summed E-state index contributed by atoms with van der Waals surface area (Å²) in [6.07, 6.45) is 2.26. The van der Waals surface area contributed by atoms with Crippen LogP contribution in [0.15, 0.2) is 70.5 Å². The van der Waals surface area contributed by atoms with E-state index >= 15 is 0 Å². The second-order valence-corrected chi connectivity index (χ2v) is 11.6. The fourth-order valence-corrected chi connectivity index (χ4v) is 12.1. The Bertz CT molecular complexity index is 961. The molecular weight excluding hydrogens is 356 g/mol. The third-order valence-electron chi connectivity index (χ3n) is 6.50. The van der Waals surface area contributed by atoms with Crippen LogP contribution in [0.4, 0.5) is 0 Å². The van der Waals surface area contributed by atoms with Gasteiger partial charge in [-0.1, -0.05) is 42.8 Å². The maximum atomic E-state index is 13.4. The molecule has 3 aliphatic rings. The normalized spacial score (nSPS) is 35.7. The van der Waals surface area contributed by atoms with Gasteiger partial charge < -0.3 is 0 Å². The van der Waals surface area contributed by atoms with Crippen molar-refractivity contribution in [3.05, 3.63) is 60.7 Å². The summed E-state index contributed by atoms with van der Waals surface area (Å²) in [6, 6.07) is 16.6. The van der Waals surface area contributed by atoms with E-state index in [2.05, 4.69) is 0 Å². The molecule has 0 aromatic heterocycles. The molecule has 3 fully saturated rings. The summed E-state index contributed by atoms with van der Waals surface area (Å²) in [5.41, 5.74) is 0. The van der Waals surface area contributed by atoms with Gasteiger partial charge in [0.1, 0.15) is 9.49 Å². The number of fused-ring (bicyclic) bond motifs is 2. The van der Waals surface area contributed by atoms with E-state index in [9.17, 15) is 16.8 Å². The van der Waals surface area contributed by atoms with Gasteiger partial charge in [-0.25, -0.2) is 16.8 Å². The second-order valence-electron chi connectivity index (χ2n) is 7.26. The quantitative estimate of drug-likeness (QED) is 0.825. The van der Waals surface area contributed by atoms with Gasteiger partial charge in [0.05, 0.1) is 9.79 Å². The summed E-state index contributed by atoms with van der Waals surface area (Å²) < 4.78 is 51.4. The fourth-order valence-electron chi connectivity index (χ4n) is 5.62. The molecule has 0 amide bonds. The monoisotopic (exact) mass is 374 g/mol. The highest BCUT2D eigenvalue weighted by molar-refractivity contribution is 7.99. The molecule has 0 atom stereocenters. The summed E-state index contributed by atoms with van der Waals surface area (Å²) in [5, 5.41) is 0. The number of rotatable bonds is 4. The van der Waals surface area contributed by atoms with Gasteiger partial charge in [-0.05, 0) is 37.1 Å². The van der Waals surface area contributed by atoms with Crippen LogP contribution in [0.25, 0.3) is 0 Å². The zero-order valence-electron chi connectivity index (χ0n) is 13.5. The highest BCUT2D eigenvalue weighted by atomic mass is 32.2. The van der Waals surface area contributed by atoms with E-state index in [4.69, 9.17) is 0 Å². The van der Waals surface area contributed by atoms with E-state index in [0.717, 1.165) is 6.42 Å². The largest absolute Gasteiger partial charge is 0.223 e. The Balaban J connectivity index is 1.68. The first-order chi connectivity index (χ1) is 11.9. The van der Waals surface area contributed by atoms with Crippen LogP contribution in [0, 0.1) is 11.8 Å². The van der Waals surface area contributed by atoms with E-state index in [0.29, 0.717) is 12.8 Å². The summed E-state index contributed by atoms with van der Waals surface area (Å²) in [4.78, 5) is 0.490. The molecule has 25 heavy (non-hydrogen) atoms. The SMILES string of the molecule is O=S(=O)(c1ccccc1)C12C3CCCC1C32S(=O)(=O)c1ccccc1. The molecule has 0 unspecified atom stereocenters. The maximum absolute atomic E-state index is 13.4. The van der Waals surface area contributed by atoms with E-state index < -0.39 is 29.2 Å². The lowest BCUT2D eigenvalue weighted by atomic mass is 9.88. The first-order valence-corrected chi connectivity index (χ1v) is 11.5. The summed E-state index contributed by atoms with van der Waals surface area (Å²) in [7, 11) is -7.36. The molecule has 0 heterocycles. The van der Waals surface area contributed by atoms with Crippen molar-refractivity contribution in [2.24, 2.45) is 11.8 Å². The van der Waals surface area contributed by atoms with Crippen LogP contribution < -0.4 is 0 Å². The predicted molar refractivity (Wildman–Crippen MR) is 93.5 cm³/mol. The van der Waals surface area contributed by atoms with Crippen LogP contribution in [-0.4, -0.2) is 26.3 Å². The standard InChI is InChI=1S/C19H18O4S2/c20-24(21,14-8-3-1-4-9-14)18-16-12-7-13-17(18)19(16,18)25(22,23)15-10-5-2-6-11-15/h1-6,8-11,16-17H,7,12-13H2. The Morgan fingerprint density at radius 1 is 0.640 bits per heavy atom. The van der Waals surface area contributed by atoms with Gasteiger partial charge in [-0.3, -0.25) is 0 Å². The van der Waals surface area contributed by atoms with Crippen LogP contribution in [0.1, 0.15) is 19.3 Å². The van der Waals surface area contributed by atoms with Gasteiger partial charge in [0.2, 0.25) is 0 Å². The molecule has 2 aromatic carbocycles. The molecule has 4 nitrogen and oxygen atoms in total. The number of hydrogen-bond acceptors (Lipinski definition) is 4. The van der Waals surface area contributed by atoms with E-state index in [1.807, 2.05) is 0 Å². The zero-order chi connectivity index (χ0) is 17.5. The molecule has 0 saturated heterocycles. The minimum absolute atomic E-state index is 0.245. The predicted octanol–water partition coefficient (Wildman–Crippen LogP) is 2.86. The minimum Gasteiger partial charge on any atom is -0.223 e. The summed E-state index contributed by atoms with van der Waals surface area (Å²) >= 11 is 0. The molecule has 0 bridgehead atoms. The molecule has 2 aromatic rings. The van der Waals surface area contributed by atoms with Gasteiger partial charge in [0, 0.05) is 11.8 Å². The molecule has 0 radical (unpaired) electrons. The van der Waals surface area contributed by atoms with Crippen molar-refractivity contribution in [1.82, 2.24) is 0 Å². The van der Waals surface area contributed by atoms with Crippen LogP contribution in [-0.2, 0) is 19.7 Å². The fraction of sp³-hybridized carbons (Fsp3) is 0.368. The van der Waals surface area contributed by atoms with E-state index in [-0.39, 0.29) is 21.6 Å². The zero-order valence-corrected chi connectivity index (χ0v) is 15.1. The van der Waals surface area contributed by atoms with Crippen molar-refractivity contribution in [3.63, 3.8) is 0 Å². The minimum atomic E-state index is -3.68. The third kappa shape index (κ3) is 1.47. The van der Waals surface area contributed by atoms with Gasteiger partial charge in [0.15, 0.2) is 19.7 Å². The smallest absolute Gasteiger partial charge is 0.186 e. The highest BCUT2D eigenvalue weighted by Gasteiger charge is 3.07. The van der Waals surface area contributed by atoms with E-state index in [1.165, 1.54) is 0 Å². The summed E-state index contributed by atoms with van der Waals surface area (Å²) in [6.45, 7) is 0. The first-order valence-electron chi connectivity index (χ1n) is 8.53.